The van der Waals surface area contributed by atoms with Crippen molar-refractivity contribution in [1.29, 1.82) is 0 Å². The fraction of sp³-hybridized carbons (Fsp3) is 0.471. The van der Waals surface area contributed by atoms with Crippen LogP contribution in [0, 0.1) is 5.92 Å². The van der Waals surface area contributed by atoms with E-state index in [9.17, 15) is 19.2 Å². The third-order valence-electron chi connectivity index (χ3n) is 8.12. The SMILES string of the molecule is CCOC(=O)CCCCCCCCC(=O)OC1=C([C@H]2CC[C@H](c3ccc(Cl)cc3)CC2)C(=O)c2ccccc2C1=O. The molecular weight excluding hydrogens is 540 g/mol. The molecule has 0 aromatic heterocycles. The Bertz CT molecular complexity index is 1270. The van der Waals surface area contributed by atoms with Crippen LogP contribution in [0.1, 0.15) is 116 Å². The number of ether oxygens (including phenoxy) is 2. The van der Waals surface area contributed by atoms with Gasteiger partial charge < -0.3 is 9.47 Å². The summed E-state index contributed by atoms with van der Waals surface area (Å²) in [5.74, 6) is -1.08. The Kier molecular flexibility index (Phi) is 11.3. The van der Waals surface area contributed by atoms with E-state index in [1.165, 1.54) is 5.56 Å². The molecule has 2 aromatic carbocycles. The number of carbonyl (C=O) groups is 4. The maximum Gasteiger partial charge on any atom is 0.311 e. The molecule has 0 amide bonds. The number of halogens is 1. The molecule has 0 bridgehead atoms. The van der Waals surface area contributed by atoms with Crippen LogP contribution in [0.2, 0.25) is 5.02 Å². The zero-order chi connectivity index (χ0) is 29.2. The second-order valence-corrected chi connectivity index (χ2v) is 11.4. The molecule has 6 nitrogen and oxygen atoms in total. The number of hydrogen-bond donors (Lipinski definition) is 0. The number of fused-ring (bicyclic) bond motifs is 1. The molecule has 2 aliphatic carbocycles. The zero-order valence-electron chi connectivity index (χ0n) is 23.8. The number of ketones is 2. The number of allylic oxidation sites excluding steroid dienone is 2. The molecule has 0 unspecified atom stereocenters. The van der Waals surface area contributed by atoms with Gasteiger partial charge in [-0.2, -0.15) is 0 Å². The first kappa shape index (κ1) is 30.7. The largest absolute Gasteiger partial charge is 0.466 e. The Morgan fingerprint density at radius 1 is 0.732 bits per heavy atom. The Hall–Kier alpha value is -3.25. The lowest BCUT2D eigenvalue weighted by Gasteiger charge is -2.32. The summed E-state index contributed by atoms with van der Waals surface area (Å²) in [6.07, 6.45) is 9.02. The van der Waals surface area contributed by atoms with Crippen LogP contribution in [0.15, 0.2) is 59.9 Å². The van der Waals surface area contributed by atoms with E-state index in [1.807, 2.05) is 12.1 Å². The monoisotopic (exact) mass is 578 g/mol. The molecule has 2 aliphatic rings. The van der Waals surface area contributed by atoms with E-state index in [2.05, 4.69) is 12.1 Å². The van der Waals surface area contributed by atoms with Gasteiger partial charge in [0, 0.05) is 29.0 Å². The molecule has 41 heavy (non-hydrogen) atoms. The van der Waals surface area contributed by atoms with Crippen molar-refractivity contribution in [2.45, 2.75) is 89.9 Å². The zero-order valence-corrected chi connectivity index (χ0v) is 24.5. The molecule has 0 spiro atoms. The number of rotatable bonds is 13. The van der Waals surface area contributed by atoms with E-state index in [0.29, 0.717) is 47.1 Å². The Morgan fingerprint density at radius 3 is 1.88 bits per heavy atom. The average molecular weight is 579 g/mol. The molecule has 0 aliphatic heterocycles. The summed E-state index contributed by atoms with van der Waals surface area (Å²) in [5.41, 5.74) is 2.26. The molecule has 1 saturated carbocycles. The van der Waals surface area contributed by atoms with Crippen LogP contribution < -0.4 is 0 Å². The van der Waals surface area contributed by atoms with E-state index in [4.69, 9.17) is 21.1 Å². The summed E-state index contributed by atoms with van der Waals surface area (Å²) in [7, 11) is 0. The van der Waals surface area contributed by atoms with E-state index >= 15 is 0 Å². The molecule has 4 rings (SSSR count). The minimum Gasteiger partial charge on any atom is -0.466 e. The van der Waals surface area contributed by atoms with Crippen LogP contribution in [0.25, 0.3) is 0 Å². The van der Waals surface area contributed by atoms with Gasteiger partial charge in [0.25, 0.3) is 0 Å². The maximum absolute atomic E-state index is 13.7. The van der Waals surface area contributed by atoms with E-state index in [0.717, 1.165) is 57.8 Å². The van der Waals surface area contributed by atoms with Gasteiger partial charge in [0.05, 0.1) is 12.2 Å². The molecule has 2 aromatic rings. The van der Waals surface area contributed by atoms with Gasteiger partial charge in [0.15, 0.2) is 11.5 Å². The Labute approximate surface area is 247 Å². The van der Waals surface area contributed by atoms with Crippen molar-refractivity contribution in [3.05, 3.63) is 81.6 Å². The lowest BCUT2D eigenvalue weighted by Crippen LogP contribution is -2.30. The number of benzene rings is 2. The number of esters is 2. The third kappa shape index (κ3) is 8.16. The van der Waals surface area contributed by atoms with Gasteiger partial charge in [0.2, 0.25) is 5.78 Å². The predicted octanol–water partition coefficient (Wildman–Crippen LogP) is 8.17. The van der Waals surface area contributed by atoms with Gasteiger partial charge in [-0.1, -0.05) is 73.7 Å². The van der Waals surface area contributed by atoms with Gasteiger partial charge in [0.1, 0.15) is 0 Å². The summed E-state index contributed by atoms with van der Waals surface area (Å²) in [4.78, 5) is 51.4. The van der Waals surface area contributed by atoms with Crippen molar-refractivity contribution in [3.8, 4) is 0 Å². The number of Topliss-reactive ketones (excluding diaryl/α,β-unsaturated/α-hetero) is 2. The normalized spacial score (nSPS) is 18.7. The van der Waals surface area contributed by atoms with Crippen molar-refractivity contribution in [2.75, 3.05) is 6.61 Å². The number of carbonyl (C=O) groups excluding carboxylic acids is 4. The lowest BCUT2D eigenvalue weighted by atomic mass is 9.72. The third-order valence-corrected chi connectivity index (χ3v) is 8.37. The first-order valence-corrected chi connectivity index (χ1v) is 15.3. The highest BCUT2D eigenvalue weighted by Gasteiger charge is 2.39. The van der Waals surface area contributed by atoms with Gasteiger partial charge in [-0.15, -0.1) is 0 Å². The van der Waals surface area contributed by atoms with Gasteiger partial charge in [-0.3, -0.25) is 19.2 Å². The van der Waals surface area contributed by atoms with E-state index < -0.39 is 5.97 Å². The van der Waals surface area contributed by atoms with Gasteiger partial charge in [-0.05, 0) is 75.0 Å². The highest BCUT2D eigenvalue weighted by molar-refractivity contribution is 6.30. The van der Waals surface area contributed by atoms with Crippen molar-refractivity contribution < 1.29 is 28.7 Å². The second-order valence-electron chi connectivity index (χ2n) is 10.9. The maximum atomic E-state index is 13.7. The van der Waals surface area contributed by atoms with Crippen LogP contribution in [0.5, 0.6) is 0 Å². The minimum absolute atomic E-state index is 0.0763. The Morgan fingerprint density at radius 2 is 1.27 bits per heavy atom. The molecule has 0 N–H and O–H groups in total. The van der Waals surface area contributed by atoms with Crippen LogP contribution in [0.3, 0.4) is 0 Å². The highest BCUT2D eigenvalue weighted by atomic mass is 35.5. The number of hydrogen-bond acceptors (Lipinski definition) is 6. The fourth-order valence-electron chi connectivity index (χ4n) is 5.94. The molecule has 0 atom stereocenters. The van der Waals surface area contributed by atoms with Crippen LogP contribution in [-0.4, -0.2) is 30.1 Å². The first-order chi connectivity index (χ1) is 19.9. The minimum atomic E-state index is -0.477. The summed E-state index contributed by atoms with van der Waals surface area (Å²) in [5, 5.41) is 0.704. The van der Waals surface area contributed by atoms with Gasteiger partial charge >= 0.3 is 11.9 Å². The summed E-state index contributed by atoms with van der Waals surface area (Å²) in [6, 6.07) is 14.7. The quantitative estimate of drug-likeness (QED) is 0.176. The van der Waals surface area contributed by atoms with Crippen LogP contribution in [0.4, 0.5) is 0 Å². The van der Waals surface area contributed by atoms with Crippen LogP contribution >= 0.6 is 11.6 Å². The summed E-state index contributed by atoms with van der Waals surface area (Å²) in [6.45, 7) is 2.21. The van der Waals surface area contributed by atoms with Crippen molar-refractivity contribution >= 4 is 35.1 Å². The summed E-state index contributed by atoms with van der Waals surface area (Å²) < 4.78 is 10.7. The van der Waals surface area contributed by atoms with Gasteiger partial charge in [-0.25, -0.2) is 0 Å². The Balaban J connectivity index is 1.35. The first-order valence-electron chi connectivity index (χ1n) is 14.9. The van der Waals surface area contributed by atoms with Crippen molar-refractivity contribution in [1.82, 2.24) is 0 Å². The molecule has 218 valence electrons. The number of unbranched alkanes of at least 4 members (excludes halogenated alkanes) is 5. The molecule has 0 radical (unpaired) electrons. The summed E-state index contributed by atoms with van der Waals surface area (Å²) >= 11 is 6.06. The average Bonchev–Trinajstić information content (AvgIpc) is 2.98. The predicted molar refractivity (Wildman–Crippen MR) is 158 cm³/mol. The molecular formula is C34H39ClO6. The van der Waals surface area contributed by atoms with Crippen molar-refractivity contribution in [3.63, 3.8) is 0 Å². The fourth-order valence-corrected chi connectivity index (χ4v) is 6.06. The van der Waals surface area contributed by atoms with E-state index in [-0.39, 0.29) is 35.6 Å². The van der Waals surface area contributed by atoms with Crippen LogP contribution in [-0.2, 0) is 19.1 Å². The van der Waals surface area contributed by atoms with E-state index in [1.54, 1.807) is 31.2 Å². The molecule has 7 heteroatoms. The molecule has 0 heterocycles. The highest BCUT2D eigenvalue weighted by Crippen LogP contribution is 2.42. The molecule has 0 saturated heterocycles. The topological polar surface area (TPSA) is 86.7 Å². The van der Waals surface area contributed by atoms with Crippen molar-refractivity contribution in [2.24, 2.45) is 5.92 Å². The smallest absolute Gasteiger partial charge is 0.311 e. The standard InChI is InChI=1S/C34H39ClO6/c1-2-40-29(36)13-7-5-3-4-6-8-14-30(37)41-34-31(32(38)27-11-9-10-12-28(27)33(34)39)25-17-15-23(16-18-25)24-19-21-26(35)22-20-24/h9-12,19-23,25H,2-8,13-18H2,1H3/t23-,25-. The second kappa shape index (κ2) is 15.1. The molecule has 1 fully saturated rings. The lowest BCUT2D eigenvalue weighted by molar-refractivity contribution is -0.143.